The van der Waals surface area contributed by atoms with Crippen molar-refractivity contribution < 1.29 is 14.8 Å². The van der Waals surface area contributed by atoms with Gasteiger partial charge in [-0.1, -0.05) is 19.9 Å². The van der Waals surface area contributed by atoms with Crippen molar-refractivity contribution in [3.63, 3.8) is 0 Å². The zero-order valence-electron chi connectivity index (χ0n) is 12.2. The summed E-state index contributed by atoms with van der Waals surface area (Å²) in [6.07, 6.45) is 1.70. The van der Waals surface area contributed by atoms with Gasteiger partial charge in [-0.25, -0.2) is 0 Å². The van der Waals surface area contributed by atoms with Gasteiger partial charge in [0.05, 0.1) is 18.6 Å². The summed E-state index contributed by atoms with van der Waals surface area (Å²) in [5, 5.41) is 20.6. The molecule has 0 unspecified atom stereocenters. The molecule has 0 saturated carbocycles. The fourth-order valence-corrected chi connectivity index (χ4v) is 2.43. The maximum absolute atomic E-state index is 11.3. The van der Waals surface area contributed by atoms with E-state index in [-0.39, 0.29) is 24.1 Å². The van der Waals surface area contributed by atoms with Crippen molar-refractivity contribution in [2.24, 2.45) is 0 Å². The van der Waals surface area contributed by atoms with Crippen molar-refractivity contribution in [3.8, 4) is 5.75 Å². The highest BCUT2D eigenvalue weighted by atomic mass is 16.6. The van der Waals surface area contributed by atoms with Gasteiger partial charge in [0.1, 0.15) is 5.69 Å². The Kier molecular flexibility index (Phi) is 6.24. The zero-order chi connectivity index (χ0) is 15.1. The van der Waals surface area contributed by atoms with Gasteiger partial charge >= 0.3 is 5.69 Å². The summed E-state index contributed by atoms with van der Waals surface area (Å²) in [6.45, 7) is 4.38. The summed E-state index contributed by atoms with van der Waals surface area (Å²) in [4.78, 5) is 12.8. The maximum atomic E-state index is 11.3. The van der Waals surface area contributed by atoms with Gasteiger partial charge in [-0.05, 0) is 25.0 Å². The van der Waals surface area contributed by atoms with Gasteiger partial charge in [0.2, 0.25) is 0 Å². The molecule has 0 aliphatic heterocycles. The minimum atomic E-state index is -0.430. The molecular weight excluding hydrogens is 260 g/mol. The molecule has 112 valence electrons. The average molecular weight is 282 g/mol. The maximum Gasteiger partial charge on any atom is 0.333 e. The van der Waals surface area contributed by atoms with Gasteiger partial charge in [0.15, 0.2) is 5.75 Å². The lowest BCUT2D eigenvalue weighted by Crippen LogP contribution is -2.37. The third-order valence-electron chi connectivity index (χ3n) is 3.41. The quantitative estimate of drug-likeness (QED) is 0.586. The van der Waals surface area contributed by atoms with Gasteiger partial charge in [-0.3, -0.25) is 10.1 Å². The summed E-state index contributed by atoms with van der Waals surface area (Å²) >= 11 is 0. The minimum absolute atomic E-state index is 0.0460. The highest BCUT2D eigenvalue weighted by molar-refractivity contribution is 5.70. The van der Waals surface area contributed by atoms with Gasteiger partial charge in [-0.2, -0.15) is 0 Å². The van der Waals surface area contributed by atoms with Gasteiger partial charge in [0.25, 0.3) is 0 Å². The zero-order valence-corrected chi connectivity index (χ0v) is 12.2. The Morgan fingerprint density at radius 2 is 2.05 bits per heavy atom. The van der Waals surface area contributed by atoms with Crippen LogP contribution in [-0.2, 0) is 0 Å². The molecule has 0 aliphatic rings. The van der Waals surface area contributed by atoms with E-state index in [9.17, 15) is 15.2 Å². The molecule has 1 N–H and O–H groups in total. The van der Waals surface area contributed by atoms with E-state index >= 15 is 0 Å². The Labute approximate surface area is 119 Å². The SMILES string of the molecule is CCC(CC)N(CCO)c1cccc(OC)c1[N+](=O)[O-]. The molecule has 20 heavy (non-hydrogen) atoms. The van der Waals surface area contributed by atoms with Crippen LogP contribution in [0.2, 0.25) is 0 Å². The van der Waals surface area contributed by atoms with Gasteiger partial charge < -0.3 is 14.7 Å². The van der Waals surface area contributed by atoms with Crippen molar-refractivity contribution in [2.75, 3.05) is 25.2 Å². The molecule has 1 rings (SSSR count). The van der Waals surface area contributed by atoms with Crippen LogP contribution in [0.25, 0.3) is 0 Å². The predicted octanol–water partition coefficient (Wildman–Crippen LogP) is 2.59. The van der Waals surface area contributed by atoms with E-state index in [1.54, 1.807) is 18.2 Å². The second kappa shape index (κ2) is 7.69. The standard InChI is InChI=1S/C14H22N2O4/c1-4-11(5-2)15(9-10-17)12-7-6-8-13(20-3)14(12)16(18)19/h6-8,11,17H,4-5,9-10H2,1-3H3. The first-order valence-electron chi connectivity index (χ1n) is 6.79. The Hall–Kier alpha value is -1.82. The fourth-order valence-electron chi connectivity index (χ4n) is 2.43. The van der Waals surface area contributed by atoms with Crippen molar-refractivity contribution in [3.05, 3.63) is 28.3 Å². The third kappa shape index (κ3) is 3.39. The molecule has 1 aromatic carbocycles. The van der Waals surface area contributed by atoms with E-state index in [1.165, 1.54) is 7.11 Å². The van der Waals surface area contributed by atoms with Crippen LogP contribution in [0.3, 0.4) is 0 Å². The molecule has 0 spiro atoms. The largest absolute Gasteiger partial charge is 0.490 e. The molecule has 0 amide bonds. The monoisotopic (exact) mass is 282 g/mol. The Morgan fingerprint density at radius 3 is 2.50 bits per heavy atom. The molecule has 6 heteroatoms. The average Bonchev–Trinajstić information content (AvgIpc) is 2.46. The molecule has 0 fully saturated rings. The number of anilines is 1. The number of rotatable bonds is 8. The lowest BCUT2D eigenvalue weighted by Gasteiger charge is -2.31. The number of hydrogen-bond acceptors (Lipinski definition) is 5. The van der Waals surface area contributed by atoms with Crippen molar-refractivity contribution in [1.82, 2.24) is 0 Å². The number of nitro groups is 1. The lowest BCUT2D eigenvalue weighted by molar-refractivity contribution is -0.385. The van der Waals surface area contributed by atoms with Gasteiger partial charge in [0, 0.05) is 12.6 Å². The second-order valence-corrected chi connectivity index (χ2v) is 4.47. The summed E-state index contributed by atoms with van der Waals surface area (Å²) in [5.41, 5.74) is 0.451. The van der Waals surface area contributed by atoms with E-state index in [0.717, 1.165) is 12.8 Å². The fraction of sp³-hybridized carbons (Fsp3) is 0.571. The van der Waals surface area contributed by atoms with Crippen LogP contribution in [-0.4, -0.2) is 36.3 Å². The molecular formula is C14H22N2O4. The molecule has 0 aliphatic carbocycles. The topological polar surface area (TPSA) is 75.8 Å². The Bertz CT molecular complexity index is 447. The summed E-state index contributed by atoms with van der Waals surface area (Å²) in [6, 6.07) is 5.15. The summed E-state index contributed by atoms with van der Waals surface area (Å²) < 4.78 is 5.09. The van der Waals surface area contributed by atoms with Crippen LogP contribution in [0.4, 0.5) is 11.4 Å². The number of para-hydroxylation sites is 1. The first kappa shape index (κ1) is 16.2. The molecule has 0 aromatic heterocycles. The molecule has 0 heterocycles. The number of nitrogens with zero attached hydrogens (tertiary/aromatic N) is 2. The number of aliphatic hydroxyl groups is 1. The highest BCUT2D eigenvalue weighted by Crippen LogP contribution is 2.38. The first-order chi connectivity index (χ1) is 9.60. The van der Waals surface area contributed by atoms with Crippen LogP contribution in [0.15, 0.2) is 18.2 Å². The Balaban J connectivity index is 3.35. The smallest absolute Gasteiger partial charge is 0.333 e. The van der Waals surface area contributed by atoms with E-state index in [1.807, 2.05) is 18.7 Å². The first-order valence-corrected chi connectivity index (χ1v) is 6.79. The van der Waals surface area contributed by atoms with Gasteiger partial charge in [-0.15, -0.1) is 0 Å². The molecule has 0 radical (unpaired) electrons. The number of hydrogen-bond donors (Lipinski definition) is 1. The number of ether oxygens (including phenoxy) is 1. The number of benzene rings is 1. The Morgan fingerprint density at radius 1 is 1.40 bits per heavy atom. The van der Waals surface area contributed by atoms with Crippen molar-refractivity contribution in [1.29, 1.82) is 0 Å². The molecule has 1 aromatic rings. The molecule has 0 atom stereocenters. The third-order valence-corrected chi connectivity index (χ3v) is 3.41. The predicted molar refractivity (Wildman–Crippen MR) is 78.5 cm³/mol. The van der Waals surface area contributed by atoms with E-state index < -0.39 is 4.92 Å². The van der Waals surface area contributed by atoms with Crippen molar-refractivity contribution >= 4 is 11.4 Å². The van der Waals surface area contributed by atoms with Crippen LogP contribution < -0.4 is 9.64 Å². The van der Waals surface area contributed by atoms with E-state index in [2.05, 4.69) is 0 Å². The van der Waals surface area contributed by atoms with Crippen molar-refractivity contribution in [2.45, 2.75) is 32.7 Å². The summed E-state index contributed by atoms with van der Waals surface area (Å²) in [7, 11) is 1.42. The van der Waals surface area contributed by atoms with Crippen LogP contribution in [0, 0.1) is 10.1 Å². The van der Waals surface area contributed by atoms with E-state index in [4.69, 9.17) is 4.74 Å². The minimum Gasteiger partial charge on any atom is -0.490 e. The van der Waals surface area contributed by atoms with E-state index in [0.29, 0.717) is 12.2 Å². The normalized spacial score (nSPS) is 10.7. The van der Waals surface area contributed by atoms with Crippen LogP contribution in [0.1, 0.15) is 26.7 Å². The highest BCUT2D eigenvalue weighted by Gasteiger charge is 2.27. The number of methoxy groups -OCH3 is 1. The second-order valence-electron chi connectivity index (χ2n) is 4.47. The molecule has 0 saturated heterocycles. The molecule has 0 bridgehead atoms. The number of nitro benzene ring substituents is 1. The van der Waals surface area contributed by atoms with Crippen LogP contribution >= 0.6 is 0 Å². The summed E-state index contributed by atoms with van der Waals surface area (Å²) in [5.74, 6) is 0.237. The van der Waals surface area contributed by atoms with Crippen LogP contribution in [0.5, 0.6) is 5.75 Å². The molecule has 6 nitrogen and oxygen atoms in total. The number of aliphatic hydroxyl groups excluding tert-OH is 1. The lowest BCUT2D eigenvalue weighted by atomic mass is 10.1.